The van der Waals surface area contributed by atoms with Gasteiger partial charge in [0.1, 0.15) is 5.82 Å². The van der Waals surface area contributed by atoms with Gasteiger partial charge < -0.3 is 10.6 Å². The molecule has 0 heterocycles. The summed E-state index contributed by atoms with van der Waals surface area (Å²) in [5, 5.41) is 6.19. The summed E-state index contributed by atoms with van der Waals surface area (Å²) in [6.07, 6.45) is 4.62. The Bertz CT molecular complexity index is 413. The molecule has 0 bridgehead atoms. The zero-order chi connectivity index (χ0) is 13.7. The van der Waals surface area contributed by atoms with Gasteiger partial charge in [-0.3, -0.25) is 4.79 Å². The molecule has 1 atom stereocenters. The van der Waals surface area contributed by atoms with E-state index in [-0.39, 0.29) is 17.8 Å². The molecule has 104 valence electrons. The molecule has 0 aliphatic heterocycles. The van der Waals surface area contributed by atoms with E-state index in [4.69, 9.17) is 0 Å². The second-order valence-electron chi connectivity index (χ2n) is 5.20. The Hall–Kier alpha value is -1.42. The Kier molecular flexibility index (Phi) is 4.91. The number of carbonyl (C=O) groups excluding carboxylic acids is 1. The SMILES string of the molecule is C[C@@H](NCC(=O)NC1CCCC1)c1ccc(F)cc1. The zero-order valence-electron chi connectivity index (χ0n) is 11.3. The molecule has 0 unspecified atom stereocenters. The third kappa shape index (κ3) is 4.31. The van der Waals surface area contributed by atoms with Crippen LogP contribution in [0.3, 0.4) is 0 Å². The molecule has 0 aromatic heterocycles. The molecule has 3 nitrogen and oxygen atoms in total. The fourth-order valence-corrected chi connectivity index (χ4v) is 2.46. The Labute approximate surface area is 113 Å². The minimum atomic E-state index is -0.241. The second kappa shape index (κ2) is 6.66. The Morgan fingerprint density at radius 2 is 1.95 bits per heavy atom. The highest BCUT2D eigenvalue weighted by molar-refractivity contribution is 5.78. The maximum atomic E-state index is 12.8. The number of amides is 1. The van der Waals surface area contributed by atoms with Gasteiger partial charge in [0.2, 0.25) is 5.91 Å². The molecule has 1 aliphatic carbocycles. The topological polar surface area (TPSA) is 41.1 Å². The van der Waals surface area contributed by atoms with Crippen LogP contribution in [0.2, 0.25) is 0 Å². The summed E-state index contributed by atoms with van der Waals surface area (Å²) in [5.41, 5.74) is 0.982. The minimum absolute atomic E-state index is 0.0370. The van der Waals surface area contributed by atoms with Crippen LogP contribution in [0.15, 0.2) is 24.3 Å². The lowest BCUT2D eigenvalue weighted by Gasteiger charge is -2.16. The van der Waals surface area contributed by atoms with Crippen molar-refractivity contribution >= 4 is 5.91 Å². The van der Waals surface area contributed by atoms with Crippen LogP contribution in [-0.4, -0.2) is 18.5 Å². The first kappa shape index (κ1) is 14.0. The maximum absolute atomic E-state index is 12.8. The average Bonchev–Trinajstić information content (AvgIpc) is 2.89. The first-order chi connectivity index (χ1) is 9.15. The van der Waals surface area contributed by atoms with Gasteiger partial charge in [-0.2, -0.15) is 0 Å². The third-order valence-corrected chi connectivity index (χ3v) is 3.66. The number of benzene rings is 1. The number of hydrogen-bond donors (Lipinski definition) is 2. The Morgan fingerprint density at radius 1 is 1.32 bits per heavy atom. The lowest BCUT2D eigenvalue weighted by atomic mass is 10.1. The van der Waals surface area contributed by atoms with Crippen molar-refractivity contribution in [1.82, 2.24) is 10.6 Å². The smallest absolute Gasteiger partial charge is 0.234 e. The molecule has 2 N–H and O–H groups in total. The highest BCUT2D eigenvalue weighted by atomic mass is 19.1. The summed E-state index contributed by atoms with van der Waals surface area (Å²) >= 11 is 0. The molecule has 1 aliphatic rings. The lowest BCUT2D eigenvalue weighted by Crippen LogP contribution is -2.39. The molecule has 1 aromatic carbocycles. The van der Waals surface area contributed by atoms with Crippen molar-refractivity contribution in [3.63, 3.8) is 0 Å². The van der Waals surface area contributed by atoms with Crippen molar-refractivity contribution < 1.29 is 9.18 Å². The van der Waals surface area contributed by atoms with Gasteiger partial charge in [-0.25, -0.2) is 4.39 Å². The van der Waals surface area contributed by atoms with Crippen LogP contribution in [0.4, 0.5) is 4.39 Å². The number of carbonyl (C=O) groups is 1. The van der Waals surface area contributed by atoms with E-state index in [2.05, 4.69) is 10.6 Å². The molecule has 2 rings (SSSR count). The molecule has 0 spiro atoms. The summed E-state index contributed by atoms with van der Waals surface area (Å²) in [4.78, 5) is 11.8. The van der Waals surface area contributed by atoms with Crippen molar-refractivity contribution in [2.75, 3.05) is 6.54 Å². The summed E-state index contributed by atoms with van der Waals surface area (Å²) in [6.45, 7) is 2.27. The number of hydrogen-bond acceptors (Lipinski definition) is 2. The third-order valence-electron chi connectivity index (χ3n) is 3.66. The van der Waals surface area contributed by atoms with E-state index in [0.717, 1.165) is 18.4 Å². The quantitative estimate of drug-likeness (QED) is 0.858. The van der Waals surface area contributed by atoms with Gasteiger partial charge in [0.05, 0.1) is 6.54 Å². The summed E-state index contributed by atoms with van der Waals surface area (Å²) < 4.78 is 12.8. The number of halogens is 1. The monoisotopic (exact) mass is 264 g/mol. The van der Waals surface area contributed by atoms with E-state index in [9.17, 15) is 9.18 Å². The Balaban J connectivity index is 1.74. The van der Waals surface area contributed by atoms with E-state index in [1.165, 1.54) is 25.0 Å². The molecule has 1 saturated carbocycles. The van der Waals surface area contributed by atoms with Gasteiger partial charge in [-0.15, -0.1) is 0 Å². The van der Waals surface area contributed by atoms with E-state index in [1.807, 2.05) is 6.92 Å². The Morgan fingerprint density at radius 3 is 2.58 bits per heavy atom. The van der Waals surface area contributed by atoms with Crippen molar-refractivity contribution in [3.05, 3.63) is 35.6 Å². The molecule has 4 heteroatoms. The van der Waals surface area contributed by atoms with Crippen LogP contribution in [0, 0.1) is 5.82 Å². The summed E-state index contributed by atoms with van der Waals surface area (Å²) in [7, 11) is 0. The van der Waals surface area contributed by atoms with Gasteiger partial charge in [0.15, 0.2) is 0 Å². The van der Waals surface area contributed by atoms with Gasteiger partial charge in [-0.1, -0.05) is 25.0 Å². The van der Waals surface area contributed by atoms with Crippen LogP contribution in [0.25, 0.3) is 0 Å². The summed E-state index contributed by atoms with van der Waals surface area (Å²) in [5.74, 6) is -0.198. The van der Waals surface area contributed by atoms with Crippen LogP contribution in [-0.2, 0) is 4.79 Å². The molecular formula is C15H21FN2O. The van der Waals surface area contributed by atoms with Gasteiger partial charge in [-0.05, 0) is 37.5 Å². The first-order valence-corrected chi connectivity index (χ1v) is 6.93. The fourth-order valence-electron chi connectivity index (χ4n) is 2.46. The van der Waals surface area contributed by atoms with E-state index in [0.29, 0.717) is 12.6 Å². The number of rotatable bonds is 5. The van der Waals surface area contributed by atoms with E-state index < -0.39 is 0 Å². The maximum Gasteiger partial charge on any atom is 0.234 e. The molecule has 0 radical (unpaired) electrons. The molecule has 0 saturated heterocycles. The second-order valence-corrected chi connectivity index (χ2v) is 5.20. The van der Waals surface area contributed by atoms with E-state index >= 15 is 0 Å². The molecule has 1 aromatic rings. The first-order valence-electron chi connectivity index (χ1n) is 6.93. The summed E-state index contributed by atoms with van der Waals surface area (Å²) in [6, 6.07) is 6.74. The van der Waals surface area contributed by atoms with Crippen molar-refractivity contribution in [1.29, 1.82) is 0 Å². The molecule has 19 heavy (non-hydrogen) atoms. The standard InChI is InChI=1S/C15H21FN2O/c1-11(12-6-8-13(16)9-7-12)17-10-15(19)18-14-4-2-3-5-14/h6-9,11,14,17H,2-5,10H2,1H3,(H,18,19)/t11-/m1/s1. The normalized spacial score (nSPS) is 17.4. The van der Waals surface area contributed by atoms with Crippen LogP contribution in [0.5, 0.6) is 0 Å². The van der Waals surface area contributed by atoms with Crippen LogP contribution >= 0.6 is 0 Å². The minimum Gasteiger partial charge on any atom is -0.352 e. The largest absolute Gasteiger partial charge is 0.352 e. The zero-order valence-corrected chi connectivity index (χ0v) is 11.3. The molecule has 1 fully saturated rings. The highest BCUT2D eigenvalue weighted by Crippen LogP contribution is 2.17. The lowest BCUT2D eigenvalue weighted by molar-refractivity contribution is -0.121. The predicted molar refractivity (Wildman–Crippen MR) is 73.2 cm³/mol. The van der Waals surface area contributed by atoms with E-state index in [1.54, 1.807) is 12.1 Å². The molecule has 1 amide bonds. The predicted octanol–water partition coefficient (Wildman–Crippen LogP) is 2.54. The van der Waals surface area contributed by atoms with Crippen LogP contribution in [0.1, 0.15) is 44.2 Å². The van der Waals surface area contributed by atoms with Gasteiger partial charge in [0.25, 0.3) is 0 Å². The van der Waals surface area contributed by atoms with Crippen molar-refractivity contribution in [2.24, 2.45) is 0 Å². The van der Waals surface area contributed by atoms with Crippen molar-refractivity contribution in [2.45, 2.75) is 44.7 Å². The fraction of sp³-hybridized carbons (Fsp3) is 0.533. The van der Waals surface area contributed by atoms with Crippen LogP contribution < -0.4 is 10.6 Å². The van der Waals surface area contributed by atoms with Gasteiger partial charge >= 0.3 is 0 Å². The number of nitrogens with one attached hydrogen (secondary N) is 2. The highest BCUT2D eigenvalue weighted by Gasteiger charge is 2.17. The van der Waals surface area contributed by atoms with Crippen molar-refractivity contribution in [3.8, 4) is 0 Å². The molecular weight excluding hydrogens is 243 g/mol. The average molecular weight is 264 g/mol. The van der Waals surface area contributed by atoms with Gasteiger partial charge in [0, 0.05) is 12.1 Å².